The smallest absolute Gasteiger partial charge is 0.123 e. The van der Waals surface area contributed by atoms with Gasteiger partial charge in [-0.1, -0.05) is 12.1 Å². The first-order valence-electron chi connectivity index (χ1n) is 10.7. The summed E-state index contributed by atoms with van der Waals surface area (Å²) in [5.74, 6) is 1.62. The molecule has 3 rings (SSSR count). The molecule has 5 nitrogen and oxygen atoms in total. The van der Waals surface area contributed by atoms with Gasteiger partial charge in [-0.05, 0) is 76.5 Å². The van der Waals surface area contributed by atoms with E-state index in [1.807, 2.05) is 6.92 Å². The number of hydrogen-bond acceptors (Lipinski definition) is 5. The molecule has 1 aromatic rings. The van der Waals surface area contributed by atoms with Gasteiger partial charge in [0.25, 0.3) is 0 Å². The Bertz CT molecular complexity index is 605. The molecular weight excluding hydrogens is 372 g/mol. The van der Waals surface area contributed by atoms with E-state index < -0.39 is 11.4 Å². The van der Waals surface area contributed by atoms with Gasteiger partial charge in [-0.2, -0.15) is 0 Å². The molecular formula is C22H36N2O3S. The summed E-state index contributed by atoms with van der Waals surface area (Å²) in [7, 11) is 0. The second kappa shape index (κ2) is 10.8. The normalized spacial score (nSPS) is 29.4. The molecule has 0 radical (unpaired) electrons. The Hall–Kier alpha value is -0.790. The predicted octanol–water partition coefficient (Wildman–Crippen LogP) is 3.44. The molecule has 1 saturated carbocycles. The van der Waals surface area contributed by atoms with Crippen LogP contribution in [0.3, 0.4) is 0 Å². The van der Waals surface area contributed by atoms with E-state index in [0.717, 1.165) is 50.8 Å². The average molecular weight is 409 g/mol. The second-order valence-corrected chi connectivity index (χ2v) is 9.25. The lowest BCUT2D eigenvalue weighted by molar-refractivity contribution is 0.00507. The molecule has 0 spiro atoms. The highest BCUT2D eigenvalue weighted by Crippen LogP contribution is 2.40. The van der Waals surface area contributed by atoms with Crippen LogP contribution in [0.2, 0.25) is 0 Å². The van der Waals surface area contributed by atoms with Gasteiger partial charge in [-0.25, -0.2) is 0 Å². The number of hydrogen-bond donors (Lipinski definition) is 2. The van der Waals surface area contributed by atoms with Gasteiger partial charge in [0, 0.05) is 16.9 Å². The van der Waals surface area contributed by atoms with Crippen molar-refractivity contribution < 1.29 is 14.0 Å². The van der Waals surface area contributed by atoms with E-state index in [1.165, 1.54) is 11.1 Å². The number of nitrogens with one attached hydrogen (secondary N) is 2. The Labute approximate surface area is 173 Å². The molecule has 1 aromatic carbocycles. The summed E-state index contributed by atoms with van der Waals surface area (Å²) in [6, 6.07) is 6.87. The van der Waals surface area contributed by atoms with E-state index in [1.54, 1.807) is 6.26 Å². The minimum atomic E-state index is -0.982. The lowest BCUT2D eigenvalue weighted by Crippen LogP contribution is -2.55. The molecule has 1 saturated heterocycles. The SMILES string of the molecule is CCOc1cccc(C)c1[C@H]1CC[C@@H](OCC2NCCCC2N[S+](C)[O-])CC1. The first-order chi connectivity index (χ1) is 13.6. The number of rotatable bonds is 8. The van der Waals surface area contributed by atoms with Crippen LogP contribution in [0.25, 0.3) is 0 Å². The minimum Gasteiger partial charge on any atom is -0.598 e. The topological polar surface area (TPSA) is 65.6 Å². The molecule has 6 heteroatoms. The Morgan fingerprint density at radius 1 is 1.21 bits per heavy atom. The Morgan fingerprint density at radius 3 is 2.71 bits per heavy atom. The van der Waals surface area contributed by atoms with Crippen LogP contribution in [-0.4, -0.2) is 48.8 Å². The molecule has 0 amide bonds. The maximum absolute atomic E-state index is 11.6. The van der Waals surface area contributed by atoms with E-state index in [9.17, 15) is 4.55 Å². The third kappa shape index (κ3) is 5.86. The van der Waals surface area contributed by atoms with Crippen molar-refractivity contribution in [2.75, 3.05) is 26.0 Å². The van der Waals surface area contributed by atoms with Crippen LogP contribution in [0.4, 0.5) is 0 Å². The highest BCUT2D eigenvalue weighted by molar-refractivity contribution is 7.88. The standard InChI is InChI=1S/C22H36N2O3S/c1-4-26-21-9-5-7-16(2)22(21)17-10-12-18(13-11-17)27-15-20-19(24-28(3)25)8-6-14-23-20/h5,7,9,17-20,23-24H,4,6,8,10-15H2,1-3H3/t17-,18+,19?,20?,28?. The largest absolute Gasteiger partial charge is 0.598 e. The van der Waals surface area contributed by atoms with Crippen LogP contribution in [0.1, 0.15) is 62.5 Å². The van der Waals surface area contributed by atoms with Crippen molar-refractivity contribution in [3.63, 3.8) is 0 Å². The zero-order valence-corrected chi connectivity index (χ0v) is 18.4. The van der Waals surface area contributed by atoms with E-state index in [-0.39, 0.29) is 12.1 Å². The second-order valence-electron chi connectivity index (χ2n) is 8.11. The van der Waals surface area contributed by atoms with E-state index >= 15 is 0 Å². The summed E-state index contributed by atoms with van der Waals surface area (Å²) in [5.41, 5.74) is 2.73. The molecule has 1 heterocycles. The van der Waals surface area contributed by atoms with Gasteiger partial charge in [-0.15, -0.1) is 4.72 Å². The lowest BCUT2D eigenvalue weighted by atomic mass is 9.80. The van der Waals surface area contributed by atoms with Gasteiger partial charge in [0.1, 0.15) is 12.0 Å². The Morgan fingerprint density at radius 2 is 2.00 bits per heavy atom. The molecule has 3 atom stereocenters. The monoisotopic (exact) mass is 408 g/mol. The highest BCUT2D eigenvalue weighted by Gasteiger charge is 2.30. The average Bonchev–Trinajstić information content (AvgIpc) is 2.68. The predicted molar refractivity (Wildman–Crippen MR) is 115 cm³/mol. The zero-order valence-electron chi connectivity index (χ0n) is 17.5. The summed E-state index contributed by atoms with van der Waals surface area (Å²) >= 11 is -0.982. The molecule has 2 aliphatic rings. The molecule has 1 aliphatic heterocycles. The van der Waals surface area contributed by atoms with Crippen molar-refractivity contribution in [3.8, 4) is 5.75 Å². The molecule has 2 fully saturated rings. The van der Waals surface area contributed by atoms with Crippen molar-refractivity contribution in [1.82, 2.24) is 10.0 Å². The van der Waals surface area contributed by atoms with Crippen molar-refractivity contribution in [2.24, 2.45) is 0 Å². The molecule has 28 heavy (non-hydrogen) atoms. The van der Waals surface area contributed by atoms with E-state index in [2.05, 4.69) is 35.2 Å². The number of ether oxygens (including phenoxy) is 2. The van der Waals surface area contributed by atoms with Gasteiger partial charge < -0.3 is 19.3 Å². The highest BCUT2D eigenvalue weighted by atomic mass is 32.2. The fraction of sp³-hybridized carbons (Fsp3) is 0.727. The Balaban J connectivity index is 1.51. The van der Waals surface area contributed by atoms with Crippen LogP contribution in [0, 0.1) is 6.92 Å². The first kappa shape index (κ1) is 21.9. The lowest BCUT2D eigenvalue weighted by Gasteiger charge is -2.35. The third-order valence-electron chi connectivity index (χ3n) is 6.08. The molecule has 0 aromatic heterocycles. The van der Waals surface area contributed by atoms with Gasteiger partial charge in [0.2, 0.25) is 0 Å². The van der Waals surface area contributed by atoms with Crippen LogP contribution in [0.15, 0.2) is 18.2 Å². The van der Waals surface area contributed by atoms with Crippen molar-refractivity contribution >= 4 is 11.4 Å². The zero-order chi connectivity index (χ0) is 19.9. The first-order valence-corrected chi connectivity index (χ1v) is 12.3. The fourth-order valence-corrected chi connectivity index (χ4v) is 5.41. The summed E-state index contributed by atoms with van der Waals surface area (Å²) in [6.45, 7) is 6.66. The van der Waals surface area contributed by atoms with Crippen molar-refractivity contribution in [3.05, 3.63) is 29.3 Å². The summed E-state index contributed by atoms with van der Waals surface area (Å²) in [4.78, 5) is 0. The van der Waals surface area contributed by atoms with E-state index in [0.29, 0.717) is 25.2 Å². The molecule has 1 aliphatic carbocycles. The number of benzene rings is 1. The summed E-state index contributed by atoms with van der Waals surface area (Å²) in [6.07, 6.45) is 8.69. The summed E-state index contributed by atoms with van der Waals surface area (Å²) in [5, 5.41) is 3.54. The molecule has 3 unspecified atom stereocenters. The van der Waals surface area contributed by atoms with Crippen LogP contribution >= 0.6 is 0 Å². The van der Waals surface area contributed by atoms with Crippen molar-refractivity contribution in [1.29, 1.82) is 0 Å². The van der Waals surface area contributed by atoms with Crippen LogP contribution in [0.5, 0.6) is 5.75 Å². The van der Waals surface area contributed by atoms with Gasteiger partial charge in [-0.3, -0.25) is 0 Å². The Kier molecular flexibility index (Phi) is 8.48. The maximum Gasteiger partial charge on any atom is 0.123 e. The quantitative estimate of drug-likeness (QED) is 0.645. The third-order valence-corrected chi connectivity index (χ3v) is 6.71. The molecule has 158 valence electrons. The maximum atomic E-state index is 11.6. The van der Waals surface area contributed by atoms with Crippen LogP contribution in [-0.2, 0) is 16.1 Å². The summed E-state index contributed by atoms with van der Waals surface area (Å²) < 4.78 is 26.9. The number of aryl methyl sites for hydroxylation is 1. The molecule has 2 N–H and O–H groups in total. The fourth-order valence-electron chi connectivity index (χ4n) is 4.70. The van der Waals surface area contributed by atoms with E-state index in [4.69, 9.17) is 9.47 Å². The number of piperidine rings is 1. The van der Waals surface area contributed by atoms with Crippen molar-refractivity contribution in [2.45, 2.75) is 76.5 Å². The van der Waals surface area contributed by atoms with Gasteiger partial charge >= 0.3 is 0 Å². The minimum absolute atomic E-state index is 0.233. The van der Waals surface area contributed by atoms with Gasteiger partial charge in [0.15, 0.2) is 0 Å². The van der Waals surface area contributed by atoms with Crippen LogP contribution < -0.4 is 14.8 Å². The molecule has 0 bridgehead atoms. The van der Waals surface area contributed by atoms with Gasteiger partial charge in [0.05, 0.1) is 31.4 Å².